The molecule has 2 aromatic rings. The first-order valence-electron chi connectivity index (χ1n) is 10.1. The van der Waals surface area contributed by atoms with E-state index in [1.54, 1.807) is 40.7 Å². The Bertz CT molecular complexity index is 1090. The minimum absolute atomic E-state index is 0.0979. The lowest BCUT2D eigenvalue weighted by Crippen LogP contribution is -2.37. The number of nitrogens with zero attached hydrogens (tertiary/aromatic N) is 2. The van der Waals surface area contributed by atoms with Gasteiger partial charge in [-0.1, -0.05) is 36.6 Å². The van der Waals surface area contributed by atoms with Gasteiger partial charge in [-0.15, -0.1) is 5.10 Å². The number of carbonyl (C=O) groups is 2. The lowest BCUT2D eigenvalue weighted by molar-refractivity contribution is -0.113. The van der Waals surface area contributed by atoms with Crippen molar-refractivity contribution < 1.29 is 27.2 Å². The van der Waals surface area contributed by atoms with E-state index in [1.165, 1.54) is 0 Å². The van der Waals surface area contributed by atoms with Gasteiger partial charge in [-0.3, -0.25) is 4.79 Å². The monoisotopic (exact) mass is 466 g/mol. The Morgan fingerprint density at radius 2 is 1.81 bits per heavy atom. The van der Waals surface area contributed by atoms with E-state index < -0.39 is 44.5 Å². The van der Waals surface area contributed by atoms with Crippen LogP contribution < -0.4 is 10.6 Å². The van der Waals surface area contributed by atoms with E-state index >= 15 is 0 Å². The topological polar surface area (TPSA) is 140 Å². The van der Waals surface area contributed by atoms with Crippen molar-refractivity contribution in [3.05, 3.63) is 35.2 Å². The van der Waals surface area contributed by atoms with Crippen LogP contribution >= 0.6 is 0 Å². The summed E-state index contributed by atoms with van der Waals surface area (Å²) in [6.45, 7) is 12.5. The molecule has 0 bridgehead atoms. The van der Waals surface area contributed by atoms with Gasteiger partial charge in [0.25, 0.3) is 0 Å². The number of sulfone groups is 1. The molecule has 1 heterocycles. The zero-order valence-electron chi connectivity index (χ0n) is 19.3. The number of rotatable bonds is 7. The van der Waals surface area contributed by atoms with Crippen molar-refractivity contribution in [3.63, 3.8) is 0 Å². The molecule has 0 aliphatic heterocycles. The molecular weight excluding hydrogens is 436 g/mol. The standard InChI is InChI=1S/C21H30N4O6S/c1-12(2)17(23-19(27)31-21(5,6)7)18-24-25-20(30-18)32(28,29)11-16(26)22-15-9-8-13(3)10-14(15)4/h8-10,12,17H,11H2,1-7H3,(H,22,26)(H,23,27)/t17-/m0/s1. The molecule has 0 aliphatic carbocycles. The van der Waals surface area contributed by atoms with Gasteiger partial charge in [-0.2, -0.15) is 0 Å². The molecule has 1 atom stereocenters. The Balaban J connectivity index is 2.13. The molecule has 2 amide bonds. The first-order valence-corrected chi connectivity index (χ1v) is 11.8. The summed E-state index contributed by atoms with van der Waals surface area (Å²) >= 11 is 0. The fourth-order valence-corrected chi connectivity index (χ4v) is 3.71. The number of aromatic nitrogens is 2. The van der Waals surface area contributed by atoms with Crippen LogP contribution in [-0.4, -0.2) is 42.0 Å². The molecule has 0 saturated heterocycles. The SMILES string of the molecule is Cc1ccc(NC(=O)CS(=O)(=O)c2nnc([C@@H](NC(=O)OC(C)(C)C)C(C)C)o2)c(C)c1. The normalized spacial score (nSPS) is 13.0. The Morgan fingerprint density at radius 1 is 1.16 bits per heavy atom. The summed E-state index contributed by atoms with van der Waals surface area (Å²) in [4.78, 5) is 24.4. The fourth-order valence-electron chi connectivity index (χ4n) is 2.79. The quantitative estimate of drug-likeness (QED) is 0.633. The third-order valence-electron chi connectivity index (χ3n) is 4.27. The number of nitrogens with one attached hydrogen (secondary N) is 2. The molecular formula is C21H30N4O6S. The van der Waals surface area contributed by atoms with Crippen LogP contribution in [0.3, 0.4) is 0 Å². The minimum atomic E-state index is -4.19. The maximum atomic E-state index is 12.6. The Kier molecular flexibility index (Phi) is 7.66. The Labute approximate surface area is 188 Å². The summed E-state index contributed by atoms with van der Waals surface area (Å²) in [5, 5.41) is 11.8. The van der Waals surface area contributed by atoms with Crippen molar-refractivity contribution in [1.82, 2.24) is 15.5 Å². The van der Waals surface area contributed by atoms with Gasteiger partial charge < -0.3 is 19.8 Å². The van der Waals surface area contributed by atoms with Gasteiger partial charge in [-0.05, 0) is 52.2 Å². The number of hydrogen-bond donors (Lipinski definition) is 2. The van der Waals surface area contributed by atoms with Crippen molar-refractivity contribution in [2.45, 2.75) is 65.3 Å². The number of amides is 2. The first kappa shape index (κ1) is 25.3. The third-order valence-corrected chi connectivity index (χ3v) is 5.61. The summed E-state index contributed by atoms with van der Waals surface area (Å²) in [6, 6.07) is 4.61. The molecule has 0 fully saturated rings. The summed E-state index contributed by atoms with van der Waals surface area (Å²) in [6.07, 6.45) is -0.702. The molecule has 0 spiro atoms. The van der Waals surface area contributed by atoms with Gasteiger partial charge in [0.15, 0.2) is 0 Å². The average Bonchev–Trinajstić information content (AvgIpc) is 3.10. The summed E-state index contributed by atoms with van der Waals surface area (Å²) in [7, 11) is -4.19. The molecule has 2 rings (SSSR count). The van der Waals surface area contributed by atoms with Crippen LogP contribution in [-0.2, 0) is 19.4 Å². The number of benzene rings is 1. The van der Waals surface area contributed by atoms with Gasteiger partial charge >= 0.3 is 11.3 Å². The average molecular weight is 467 g/mol. The van der Waals surface area contributed by atoms with Crippen LogP contribution in [0.2, 0.25) is 0 Å². The maximum absolute atomic E-state index is 12.6. The molecule has 1 aromatic heterocycles. The fraction of sp³-hybridized carbons (Fsp3) is 0.524. The molecule has 0 saturated carbocycles. The largest absolute Gasteiger partial charge is 0.444 e. The van der Waals surface area contributed by atoms with Crippen molar-refractivity contribution in [1.29, 1.82) is 0 Å². The Morgan fingerprint density at radius 3 is 2.38 bits per heavy atom. The Hall–Kier alpha value is -2.95. The lowest BCUT2D eigenvalue weighted by Gasteiger charge is -2.23. The zero-order valence-corrected chi connectivity index (χ0v) is 20.2. The molecule has 0 radical (unpaired) electrons. The van der Waals surface area contributed by atoms with Gasteiger partial charge in [0.2, 0.25) is 21.6 Å². The van der Waals surface area contributed by atoms with Gasteiger partial charge in [0, 0.05) is 5.69 Å². The maximum Gasteiger partial charge on any atom is 0.408 e. The molecule has 32 heavy (non-hydrogen) atoms. The van der Waals surface area contributed by atoms with E-state index in [1.807, 2.05) is 26.0 Å². The third kappa shape index (κ3) is 7.04. The molecule has 0 aliphatic rings. The van der Waals surface area contributed by atoms with E-state index in [9.17, 15) is 18.0 Å². The summed E-state index contributed by atoms with van der Waals surface area (Å²) < 4.78 is 35.8. The van der Waals surface area contributed by atoms with Gasteiger partial charge in [0.1, 0.15) is 17.4 Å². The van der Waals surface area contributed by atoms with E-state index in [2.05, 4.69) is 20.8 Å². The first-order chi connectivity index (χ1) is 14.7. The highest BCUT2D eigenvalue weighted by Crippen LogP contribution is 2.23. The molecule has 10 nitrogen and oxygen atoms in total. The second-order valence-corrected chi connectivity index (χ2v) is 10.8. The zero-order chi connectivity index (χ0) is 24.3. The predicted molar refractivity (Wildman–Crippen MR) is 118 cm³/mol. The molecule has 11 heteroatoms. The second kappa shape index (κ2) is 9.68. The van der Waals surface area contributed by atoms with Crippen LogP contribution in [0.15, 0.2) is 27.8 Å². The predicted octanol–water partition coefficient (Wildman–Crippen LogP) is 3.32. The lowest BCUT2D eigenvalue weighted by atomic mass is 10.1. The highest BCUT2D eigenvalue weighted by Gasteiger charge is 2.31. The van der Waals surface area contributed by atoms with Crippen molar-refractivity contribution in [3.8, 4) is 0 Å². The highest BCUT2D eigenvalue weighted by molar-refractivity contribution is 7.91. The van der Waals surface area contributed by atoms with Crippen LogP contribution in [0.25, 0.3) is 0 Å². The smallest absolute Gasteiger partial charge is 0.408 e. The number of anilines is 1. The van der Waals surface area contributed by atoms with E-state index in [-0.39, 0.29) is 11.8 Å². The number of alkyl carbamates (subject to hydrolysis) is 1. The van der Waals surface area contributed by atoms with Crippen LogP contribution in [0.4, 0.5) is 10.5 Å². The van der Waals surface area contributed by atoms with Crippen LogP contribution in [0.5, 0.6) is 0 Å². The molecule has 2 N–H and O–H groups in total. The van der Waals surface area contributed by atoms with Crippen LogP contribution in [0, 0.1) is 19.8 Å². The van der Waals surface area contributed by atoms with Gasteiger partial charge in [-0.25, -0.2) is 13.2 Å². The van der Waals surface area contributed by atoms with E-state index in [0.29, 0.717) is 5.69 Å². The van der Waals surface area contributed by atoms with Crippen LogP contribution in [0.1, 0.15) is 57.7 Å². The molecule has 0 unspecified atom stereocenters. The summed E-state index contributed by atoms with van der Waals surface area (Å²) in [5.41, 5.74) is 1.64. The minimum Gasteiger partial charge on any atom is -0.444 e. The number of carbonyl (C=O) groups excluding carboxylic acids is 2. The summed E-state index contributed by atoms with van der Waals surface area (Å²) in [5.74, 6) is -1.90. The van der Waals surface area contributed by atoms with E-state index in [0.717, 1.165) is 11.1 Å². The number of ether oxygens (including phenoxy) is 1. The molecule has 176 valence electrons. The number of aryl methyl sites for hydroxylation is 2. The van der Waals surface area contributed by atoms with Crippen molar-refractivity contribution in [2.24, 2.45) is 5.92 Å². The van der Waals surface area contributed by atoms with E-state index in [4.69, 9.17) is 9.15 Å². The molecule has 1 aromatic carbocycles. The second-order valence-electron chi connectivity index (χ2n) is 8.90. The van der Waals surface area contributed by atoms with Gasteiger partial charge in [0.05, 0.1) is 0 Å². The van der Waals surface area contributed by atoms with Crippen molar-refractivity contribution >= 4 is 27.5 Å². The highest BCUT2D eigenvalue weighted by atomic mass is 32.2. The number of hydrogen-bond acceptors (Lipinski definition) is 8. The van der Waals surface area contributed by atoms with Crippen molar-refractivity contribution in [2.75, 3.05) is 11.1 Å².